The molecule has 2 aromatic carbocycles. The number of hydrogen-bond donors (Lipinski definition) is 1. The first-order valence-corrected chi connectivity index (χ1v) is 9.38. The molecule has 8 heteroatoms. The van der Waals surface area contributed by atoms with E-state index in [1.54, 1.807) is 36.4 Å². The molecule has 0 amide bonds. The molecule has 1 heterocycles. The molecular weight excluding hydrogens is 401 g/mol. The number of benzene rings is 2. The SMILES string of the molecule is C=CN=CN(N)CC1(c2ccc(Oc3ccc(Cl)cc3)cc2Cl)OCC(C)O1. The van der Waals surface area contributed by atoms with Gasteiger partial charge in [-0.3, -0.25) is 5.01 Å². The second kappa shape index (κ2) is 8.94. The van der Waals surface area contributed by atoms with Crippen LogP contribution in [0.4, 0.5) is 0 Å². The van der Waals surface area contributed by atoms with Crippen LogP contribution < -0.4 is 10.6 Å². The quantitative estimate of drug-likeness (QED) is 0.303. The molecule has 0 bridgehead atoms. The van der Waals surface area contributed by atoms with Gasteiger partial charge in [-0.25, -0.2) is 10.8 Å². The molecule has 0 aliphatic carbocycles. The van der Waals surface area contributed by atoms with Gasteiger partial charge in [0.15, 0.2) is 0 Å². The van der Waals surface area contributed by atoms with Gasteiger partial charge in [-0.2, -0.15) is 0 Å². The van der Waals surface area contributed by atoms with Gasteiger partial charge in [0.1, 0.15) is 17.8 Å². The summed E-state index contributed by atoms with van der Waals surface area (Å²) in [4.78, 5) is 3.91. The van der Waals surface area contributed by atoms with Gasteiger partial charge in [0, 0.05) is 16.8 Å². The van der Waals surface area contributed by atoms with E-state index in [1.807, 2.05) is 13.0 Å². The second-order valence-corrected chi connectivity index (χ2v) is 7.15. The van der Waals surface area contributed by atoms with Crippen molar-refractivity contribution in [3.8, 4) is 11.5 Å². The molecular formula is C20H21Cl2N3O3. The molecule has 1 aliphatic rings. The molecule has 1 aliphatic heterocycles. The number of nitrogens with two attached hydrogens (primary N) is 1. The molecule has 2 aromatic rings. The molecule has 3 rings (SSSR count). The Hall–Kier alpha value is -2.09. The fraction of sp³-hybridized carbons (Fsp3) is 0.250. The van der Waals surface area contributed by atoms with Crippen molar-refractivity contribution in [2.24, 2.45) is 10.8 Å². The minimum atomic E-state index is -1.11. The van der Waals surface area contributed by atoms with Gasteiger partial charge < -0.3 is 14.2 Å². The van der Waals surface area contributed by atoms with E-state index < -0.39 is 5.79 Å². The predicted molar refractivity (Wildman–Crippen MR) is 111 cm³/mol. The average molecular weight is 422 g/mol. The van der Waals surface area contributed by atoms with Crippen molar-refractivity contribution in [2.75, 3.05) is 13.2 Å². The Labute approximate surface area is 174 Å². The van der Waals surface area contributed by atoms with E-state index in [9.17, 15) is 0 Å². The maximum atomic E-state index is 6.56. The van der Waals surface area contributed by atoms with Crippen molar-refractivity contribution in [2.45, 2.75) is 18.8 Å². The van der Waals surface area contributed by atoms with Gasteiger partial charge >= 0.3 is 0 Å². The largest absolute Gasteiger partial charge is 0.457 e. The van der Waals surface area contributed by atoms with Gasteiger partial charge in [0.2, 0.25) is 5.79 Å². The Morgan fingerprint density at radius 2 is 2.00 bits per heavy atom. The number of aliphatic imine (C=N–C) groups is 1. The highest BCUT2D eigenvalue weighted by atomic mass is 35.5. The van der Waals surface area contributed by atoms with Crippen molar-refractivity contribution < 1.29 is 14.2 Å². The van der Waals surface area contributed by atoms with Gasteiger partial charge in [-0.1, -0.05) is 29.8 Å². The van der Waals surface area contributed by atoms with Crippen LogP contribution in [0.3, 0.4) is 0 Å². The van der Waals surface area contributed by atoms with Gasteiger partial charge in [0.25, 0.3) is 0 Å². The van der Waals surface area contributed by atoms with E-state index in [0.29, 0.717) is 33.7 Å². The van der Waals surface area contributed by atoms with E-state index in [1.165, 1.54) is 17.5 Å². The minimum Gasteiger partial charge on any atom is -0.457 e. The predicted octanol–water partition coefficient (Wildman–Crippen LogP) is 4.72. The van der Waals surface area contributed by atoms with Crippen LogP contribution in [-0.2, 0) is 15.3 Å². The van der Waals surface area contributed by atoms with Crippen molar-refractivity contribution in [3.05, 3.63) is 70.9 Å². The molecule has 0 saturated carbocycles. The van der Waals surface area contributed by atoms with Crippen LogP contribution in [0.1, 0.15) is 12.5 Å². The molecule has 0 spiro atoms. The summed E-state index contributed by atoms with van der Waals surface area (Å²) in [7, 11) is 0. The number of rotatable bonds is 7. The molecule has 1 saturated heterocycles. The zero-order chi connectivity index (χ0) is 20.1. The van der Waals surface area contributed by atoms with Crippen molar-refractivity contribution in [1.29, 1.82) is 0 Å². The van der Waals surface area contributed by atoms with Gasteiger partial charge in [-0.05, 0) is 49.4 Å². The summed E-state index contributed by atoms with van der Waals surface area (Å²) < 4.78 is 17.9. The minimum absolute atomic E-state index is 0.106. The maximum absolute atomic E-state index is 6.56. The Morgan fingerprint density at radius 1 is 1.29 bits per heavy atom. The topological polar surface area (TPSA) is 69.3 Å². The first-order chi connectivity index (χ1) is 13.4. The Bertz CT molecular complexity index is 860. The third-order valence-corrected chi connectivity index (χ3v) is 4.62. The van der Waals surface area contributed by atoms with Gasteiger partial charge in [-0.15, -0.1) is 0 Å². The summed E-state index contributed by atoms with van der Waals surface area (Å²) in [5.74, 6) is 6.12. The Balaban J connectivity index is 1.85. The summed E-state index contributed by atoms with van der Waals surface area (Å²) in [6, 6.07) is 12.4. The molecule has 148 valence electrons. The van der Waals surface area contributed by atoms with E-state index >= 15 is 0 Å². The normalized spacial score (nSPS) is 21.8. The van der Waals surface area contributed by atoms with Crippen molar-refractivity contribution >= 4 is 29.5 Å². The highest BCUT2D eigenvalue weighted by Crippen LogP contribution is 2.40. The third kappa shape index (κ3) is 4.84. The Kier molecular flexibility index (Phi) is 6.59. The number of hydrazine groups is 1. The summed E-state index contributed by atoms with van der Waals surface area (Å²) in [6.07, 6.45) is 2.73. The highest BCUT2D eigenvalue weighted by Gasteiger charge is 2.44. The highest BCUT2D eigenvalue weighted by molar-refractivity contribution is 6.31. The molecule has 0 radical (unpaired) electrons. The molecule has 2 atom stereocenters. The van der Waals surface area contributed by atoms with Crippen LogP contribution in [0.5, 0.6) is 11.5 Å². The summed E-state index contributed by atoms with van der Waals surface area (Å²) in [6.45, 7) is 6.08. The van der Waals surface area contributed by atoms with Crippen LogP contribution in [0.2, 0.25) is 10.0 Å². The lowest BCUT2D eigenvalue weighted by Gasteiger charge is -2.32. The number of nitrogens with zero attached hydrogens (tertiary/aromatic N) is 2. The van der Waals surface area contributed by atoms with Crippen LogP contribution >= 0.6 is 23.2 Å². The maximum Gasteiger partial charge on any atom is 0.216 e. The number of ether oxygens (including phenoxy) is 3. The Morgan fingerprint density at radius 3 is 2.61 bits per heavy atom. The lowest BCUT2D eigenvalue weighted by molar-refractivity contribution is -0.181. The van der Waals surface area contributed by atoms with E-state index in [4.69, 9.17) is 43.3 Å². The number of halogens is 2. The second-order valence-electron chi connectivity index (χ2n) is 6.31. The summed E-state index contributed by atoms with van der Waals surface area (Å²) in [5, 5.41) is 2.45. The molecule has 2 unspecified atom stereocenters. The van der Waals surface area contributed by atoms with E-state index in [0.717, 1.165) is 0 Å². The standard InChI is InChI=1S/C20H21Cl2N3O3/c1-3-24-13-25(23)12-20(26-11-14(2)28-20)18-9-8-17(10-19(18)22)27-16-6-4-15(21)5-7-16/h3-10,13-14H,1,11-12,23H2,2H3. The first kappa shape index (κ1) is 20.6. The van der Waals surface area contributed by atoms with E-state index in [-0.39, 0.29) is 12.6 Å². The molecule has 6 nitrogen and oxygen atoms in total. The monoisotopic (exact) mass is 421 g/mol. The van der Waals surface area contributed by atoms with Crippen LogP contribution in [0, 0.1) is 0 Å². The molecule has 1 fully saturated rings. The van der Waals surface area contributed by atoms with Crippen molar-refractivity contribution in [1.82, 2.24) is 5.01 Å². The fourth-order valence-corrected chi connectivity index (χ4v) is 3.32. The van der Waals surface area contributed by atoms with Crippen LogP contribution in [-0.4, -0.2) is 30.6 Å². The van der Waals surface area contributed by atoms with Crippen LogP contribution in [0.15, 0.2) is 60.2 Å². The van der Waals surface area contributed by atoms with Gasteiger partial charge in [0.05, 0.1) is 24.3 Å². The first-order valence-electron chi connectivity index (χ1n) is 8.62. The number of hydrogen-bond acceptors (Lipinski definition) is 5. The molecule has 28 heavy (non-hydrogen) atoms. The van der Waals surface area contributed by atoms with E-state index in [2.05, 4.69) is 11.6 Å². The lowest BCUT2D eigenvalue weighted by atomic mass is 10.0. The zero-order valence-electron chi connectivity index (χ0n) is 15.3. The summed E-state index contributed by atoms with van der Waals surface area (Å²) in [5.41, 5.74) is 0.657. The average Bonchev–Trinajstić information content (AvgIpc) is 3.03. The third-order valence-electron chi connectivity index (χ3n) is 4.05. The smallest absolute Gasteiger partial charge is 0.216 e. The molecule has 2 N–H and O–H groups in total. The lowest BCUT2D eigenvalue weighted by Crippen LogP contribution is -2.45. The zero-order valence-corrected chi connectivity index (χ0v) is 16.9. The fourth-order valence-electron chi connectivity index (χ4n) is 2.88. The molecule has 0 aromatic heterocycles. The van der Waals surface area contributed by atoms with Crippen molar-refractivity contribution in [3.63, 3.8) is 0 Å². The van der Waals surface area contributed by atoms with Crippen LogP contribution in [0.25, 0.3) is 0 Å². The summed E-state index contributed by atoms with van der Waals surface area (Å²) >= 11 is 12.5.